The van der Waals surface area contributed by atoms with Gasteiger partial charge in [0.1, 0.15) is 5.75 Å². The predicted molar refractivity (Wildman–Crippen MR) is 126 cm³/mol. The summed E-state index contributed by atoms with van der Waals surface area (Å²) in [4.78, 5) is 29.2. The van der Waals surface area contributed by atoms with Crippen molar-refractivity contribution in [2.24, 2.45) is 5.92 Å². The van der Waals surface area contributed by atoms with E-state index in [4.69, 9.17) is 14.2 Å². The number of para-hydroxylation sites is 1. The Kier molecular flexibility index (Phi) is 6.41. The molecule has 9 heteroatoms. The summed E-state index contributed by atoms with van der Waals surface area (Å²) >= 11 is 1.23. The van der Waals surface area contributed by atoms with Crippen LogP contribution in [-0.4, -0.2) is 34.3 Å². The average molecular weight is 466 g/mol. The highest BCUT2D eigenvalue weighted by Crippen LogP contribution is 2.29. The number of benzene rings is 2. The lowest BCUT2D eigenvalue weighted by atomic mass is 10.2. The molecule has 2 aromatic heterocycles. The minimum Gasteiger partial charge on any atom is -0.493 e. The number of fused-ring (bicyclic) bond motifs is 1. The van der Waals surface area contributed by atoms with E-state index >= 15 is 0 Å². The second-order valence-corrected chi connectivity index (χ2v) is 8.76. The van der Waals surface area contributed by atoms with Crippen molar-refractivity contribution in [1.82, 2.24) is 14.6 Å². The highest BCUT2D eigenvalue weighted by atomic mass is 32.1. The van der Waals surface area contributed by atoms with Crippen LogP contribution in [0.25, 0.3) is 22.4 Å². The van der Waals surface area contributed by atoms with Gasteiger partial charge in [-0.1, -0.05) is 43.4 Å². The van der Waals surface area contributed by atoms with Crippen LogP contribution in [0.1, 0.15) is 26.3 Å². The fourth-order valence-corrected chi connectivity index (χ4v) is 4.05. The van der Waals surface area contributed by atoms with Gasteiger partial charge in [0, 0.05) is 6.92 Å². The molecule has 8 nitrogen and oxygen atoms in total. The van der Waals surface area contributed by atoms with Crippen molar-refractivity contribution in [3.05, 3.63) is 62.9 Å². The first kappa shape index (κ1) is 22.5. The number of rotatable bonds is 7. The van der Waals surface area contributed by atoms with E-state index in [9.17, 15) is 9.59 Å². The molecule has 0 radical (unpaired) electrons. The molecule has 0 amide bonds. The maximum atomic E-state index is 12.9. The van der Waals surface area contributed by atoms with Crippen LogP contribution in [0.15, 0.2) is 47.3 Å². The Morgan fingerprint density at radius 1 is 1.15 bits per heavy atom. The summed E-state index contributed by atoms with van der Waals surface area (Å²) in [6, 6.07) is 12.5. The lowest BCUT2D eigenvalue weighted by Crippen LogP contribution is -2.23. The Balaban J connectivity index is 1.69. The van der Waals surface area contributed by atoms with Crippen LogP contribution in [0, 0.1) is 5.92 Å². The molecule has 0 saturated heterocycles. The number of esters is 1. The minimum absolute atomic E-state index is 0.280. The highest BCUT2D eigenvalue weighted by molar-refractivity contribution is 7.15. The number of hydrogen-bond donors (Lipinski definition) is 0. The first-order valence-electron chi connectivity index (χ1n) is 10.4. The number of aromatic nitrogens is 3. The predicted octanol–water partition coefficient (Wildman–Crippen LogP) is 3.33. The van der Waals surface area contributed by atoms with Gasteiger partial charge in [-0.3, -0.25) is 9.59 Å². The normalized spacial score (nSPS) is 11.8. The van der Waals surface area contributed by atoms with Crippen molar-refractivity contribution in [2.45, 2.75) is 20.8 Å². The van der Waals surface area contributed by atoms with Gasteiger partial charge in [0.25, 0.3) is 5.56 Å². The van der Waals surface area contributed by atoms with Gasteiger partial charge in [-0.15, -0.1) is 5.10 Å². The van der Waals surface area contributed by atoms with Crippen molar-refractivity contribution in [3.8, 4) is 28.6 Å². The fraction of sp³-hybridized carbons (Fsp3) is 0.250. The molecule has 2 aromatic carbocycles. The van der Waals surface area contributed by atoms with E-state index in [2.05, 4.69) is 23.9 Å². The molecular formula is C24H23N3O5S. The van der Waals surface area contributed by atoms with Crippen molar-refractivity contribution in [3.63, 3.8) is 0 Å². The molecule has 0 saturated carbocycles. The molecule has 0 unspecified atom stereocenters. The van der Waals surface area contributed by atoms with Crippen LogP contribution in [0.5, 0.6) is 17.2 Å². The van der Waals surface area contributed by atoms with Gasteiger partial charge in [-0.25, -0.2) is 0 Å². The maximum Gasteiger partial charge on any atom is 0.308 e. The summed E-state index contributed by atoms with van der Waals surface area (Å²) in [7, 11) is 1.58. The van der Waals surface area contributed by atoms with E-state index in [1.54, 1.807) is 37.5 Å². The number of carbonyl (C=O) groups is 1. The molecule has 170 valence electrons. The van der Waals surface area contributed by atoms with Crippen LogP contribution >= 0.6 is 11.3 Å². The van der Waals surface area contributed by atoms with Crippen LogP contribution in [-0.2, 0) is 4.79 Å². The molecule has 33 heavy (non-hydrogen) atoms. The fourth-order valence-electron chi connectivity index (χ4n) is 3.14. The van der Waals surface area contributed by atoms with Gasteiger partial charge in [0.05, 0.1) is 23.8 Å². The third kappa shape index (κ3) is 4.88. The van der Waals surface area contributed by atoms with Crippen molar-refractivity contribution >= 4 is 28.3 Å². The van der Waals surface area contributed by atoms with Gasteiger partial charge < -0.3 is 14.2 Å². The second kappa shape index (κ2) is 9.41. The lowest BCUT2D eigenvalue weighted by molar-refractivity contribution is -0.131. The number of carbonyl (C=O) groups excluding carboxylic acids is 1. The zero-order valence-electron chi connectivity index (χ0n) is 18.7. The van der Waals surface area contributed by atoms with E-state index < -0.39 is 5.97 Å². The quantitative estimate of drug-likeness (QED) is 0.305. The smallest absolute Gasteiger partial charge is 0.308 e. The summed E-state index contributed by atoms with van der Waals surface area (Å²) in [5.41, 5.74) is 1.05. The van der Waals surface area contributed by atoms with Crippen LogP contribution in [0.2, 0.25) is 0 Å². The maximum absolute atomic E-state index is 12.9. The largest absolute Gasteiger partial charge is 0.493 e. The van der Waals surface area contributed by atoms with Crippen LogP contribution in [0.3, 0.4) is 0 Å². The van der Waals surface area contributed by atoms with Gasteiger partial charge in [-0.05, 0) is 41.8 Å². The summed E-state index contributed by atoms with van der Waals surface area (Å²) < 4.78 is 18.2. The molecule has 2 heterocycles. The van der Waals surface area contributed by atoms with Crippen molar-refractivity contribution in [2.75, 3.05) is 13.7 Å². The standard InChI is InChI=1S/C24H23N3O5S/c1-14(2)13-31-19-10-9-16(11-20(19)30-4)12-21-23(29)27-24(33-21)25-22(26-27)17-7-5-6-8-18(17)32-15(3)28/h5-12,14H,13H2,1-4H3. The summed E-state index contributed by atoms with van der Waals surface area (Å²) in [5.74, 6) is 1.86. The number of nitrogens with zero attached hydrogens (tertiary/aromatic N) is 3. The Hall–Kier alpha value is -3.72. The highest BCUT2D eigenvalue weighted by Gasteiger charge is 2.16. The van der Waals surface area contributed by atoms with Crippen LogP contribution < -0.4 is 24.3 Å². The van der Waals surface area contributed by atoms with Crippen molar-refractivity contribution in [1.29, 1.82) is 0 Å². The first-order chi connectivity index (χ1) is 15.9. The van der Waals surface area contributed by atoms with E-state index in [0.717, 1.165) is 5.56 Å². The van der Waals surface area contributed by atoms with Crippen LogP contribution in [0.4, 0.5) is 0 Å². The molecule has 0 aliphatic rings. The Labute approximate surface area is 194 Å². The molecule has 0 aliphatic heterocycles. The zero-order valence-corrected chi connectivity index (χ0v) is 19.5. The summed E-state index contributed by atoms with van der Waals surface area (Å²) in [6.07, 6.45) is 1.77. The number of thiazole rings is 1. The molecule has 0 aliphatic carbocycles. The summed E-state index contributed by atoms with van der Waals surface area (Å²) in [5, 5.41) is 4.35. The third-order valence-corrected chi connectivity index (χ3v) is 5.58. The molecule has 0 fully saturated rings. The third-order valence-electron chi connectivity index (χ3n) is 4.62. The topological polar surface area (TPSA) is 92.0 Å². The molecular weight excluding hydrogens is 442 g/mol. The van der Waals surface area contributed by atoms with E-state index in [1.165, 1.54) is 22.8 Å². The van der Waals surface area contributed by atoms with Gasteiger partial charge >= 0.3 is 5.97 Å². The molecule has 0 atom stereocenters. The Morgan fingerprint density at radius 3 is 2.64 bits per heavy atom. The molecule has 0 N–H and O–H groups in total. The van der Waals surface area contributed by atoms with E-state index in [-0.39, 0.29) is 5.56 Å². The van der Waals surface area contributed by atoms with E-state index in [0.29, 0.717) is 50.7 Å². The van der Waals surface area contributed by atoms with Crippen molar-refractivity contribution < 1.29 is 19.0 Å². The Bertz CT molecular complexity index is 1420. The lowest BCUT2D eigenvalue weighted by Gasteiger charge is -2.12. The second-order valence-electron chi connectivity index (χ2n) is 7.75. The number of hydrogen-bond acceptors (Lipinski definition) is 8. The van der Waals surface area contributed by atoms with Gasteiger partial charge in [0.2, 0.25) is 4.96 Å². The SMILES string of the molecule is COc1cc(C=c2sc3nc(-c4ccccc4OC(C)=O)nn3c2=O)ccc1OCC(C)C. The van der Waals surface area contributed by atoms with Gasteiger partial charge in [0.15, 0.2) is 17.3 Å². The molecule has 4 aromatic rings. The average Bonchev–Trinajstić information content (AvgIpc) is 3.32. The molecule has 0 bridgehead atoms. The summed E-state index contributed by atoms with van der Waals surface area (Å²) in [6.45, 7) is 6.06. The molecule has 4 rings (SSSR count). The number of methoxy groups -OCH3 is 1. The molecule has 0 spiro atoms. The first-order valence-corrected chi connectivity index (χ1v) is 11.2. The zero-order chi connectivity index (χ0) is 23.5. The Morgan fingerprint density at radius 2 is 1.94 bits per heavy atom. The monoisotopic (exact) mass is 465 g/mol. The number of ether oxygens (including phenoxy) is 3. The minimum atomic E-state index is -0.444. The van der Waals surface area contributed by atoms with Gasteiger partial charge in [-0.2, -0.15) is 9.50 Å². The van der Waals surface area contributed by atoms with E-state index in [1.807, 2.05) is 18.2 Å².